The predicted molar refractivity (Wildman–Crippen MR) is 94.4 cm³/mol. The molecule has 4 rings (SSSR count). The van der Waals surface area contributed by atoms with Gasteiger partial charge < -0.3 is 19.8 Å². The first-order valence-corrected chi connectivity index (χ1v) is 8.15. The lowest BCUT2D eigenvalue weighted by Crippen LogP contribution is -2.37. The Kier molecular flexibility index (Phi) is 3.46. The first-order valence-electron chi connectivity index (χ1n) is 8.15. The van der Waals surface area contributed by atoms with Gasteiger partial charge in [0.05, 0.1) is 11.0 Å². The topological polar surface area (TPSA) is 62.3 Å². The van der Waals surface area contributed by atoms with Crippen LogP contribution < -0.4 is 15.2 Å². The highest BCUT2D eigenvalue weighted by Crippen LogP contribution is 2.36. The second-order valence-electron chi connectivity index (χ2n) is 6.86. The van der Waals surface area contributed by atoms with Crippen LogP contribution in [-0.4, -0.2) is 28.3 Å². The summed E-state index contributed by atoms with van der Waals surface area (Å²) in [5.74, 6) is 2.43. The summed E-state index contributed by atoms with van der Waals surface area (Å²) in [6.45, 7) is 5.84. The fourth-order valence-corrected chi connectivity index (χ4v) is 3.04. The molecule has 0 bridgehead atoms. The van der Waals surface area contributed by atoms with Crippen LogP contribution in [-0.2, 0) is 6.54 Å². The largest absolute Gasteiger partial charge is 0.486 e. The van der Waals surface area contributed by atoms with E-state index in [1.54, 1.807) is 0 Å². The van der Waals surface area contributed by atoms with E-state index in [1.807, 2.05) is 44.2 Å². The van der Waals surface area contributed by atoms with Gasteiger partial charge in [0, 0.05) is 29.8 Å². The summed E-state index contributed by atoms with van der Waals surface area (Å²) in [6, 6.07) is 14.1. The van der Waals surface area contributed by atoms with Gasteiger partial charge in [-0.1, -0.05) is 30.3 Å². The van der Waals surface area contributed by atoms with Crippen LogP contribution in [0.25, 0.3) is 22.4 Å². The summed E-state index contributed by atoms with van der Waals surface area (Å²) < 4.78 is 13.6. The highest BCUT2D eigenvalue weighted by atomic mass is 16.6. The zero-order valence-electron chi connectivity index (χ0n) is 14.0. The van der Waals surface area contributed by atoms with Crippen LogP contribution in [0.4, 0.5) is 0 Å². The van der Waals surface area contributed by atoms with E-state index in [2.05, 4.69) is 16.7 Å². The molecule has 0 atom stereocenters. The Morgan fingerprint density at radius 1 is 1.08 bits per heavy atom. The molecule has 1 aliphatic heterocycles. The number of hydrogen-bond acceptors (Lipinski definition) is 4. The molecule has 3 aromatic rings. The van der Waals surface area contributed by atoms with Crippen LogP contribution >= 0.6 is 0 Å². The molecule has 1 aromatic heterocycles. The number of ether oxygens (including phenoxy) is 2. The normalized spacial score (nSPS) is 14.1. The molecule has 5 heteroatoms. The van der Waals surface area contributed by atoms with Gasteiger partial charge in [-0.25, -0.2) is 4.98 Å². The maximum absolute atomic E-state index is 6.30. The number of nitrogens with two attached hydrogens (primary N) is 1. The van der Waals surface area contributed by atoms with Gasteiger partial charge >= 0.3 is 0 Å². The van der Waals surface area contributed by atoms with Crippen molar-refractivity contribution in [1.82, 2.24) is 9.55 Å². The molecule has 2 N–H and O–H groups in total. The van der Waals surface area contributed by atoms with E-state index < -0.39 is 0 Å². The van der Waals surface area contributed by atoms with Crippen molar-refractivity contribution in [3.8, 4) is 22.9 Å². The van der Waals surface area contributed by atoms with Gasteiger partial charge in [-0.15, -0.1) is 0 Å². The quantitative estimate of drug-likeness (QED) is 0.804. The number of nitrogens with zero attached hydrogens (tertiary/aromatic N) is 2. The highest BCUT2D eigenvalue weighted by molar-refractivity contribution is 5.84. The van der Waals surface area contributed by atoms with E-state index in [4.69, 9.17) is 20.2 Å². The van der Waals surface area contributed by atoms with E-state index in [0.29, 0.717) is 19.8 Å². The molecule has 0 saturated carbocycles. The molecule has 5 nitrogen and oxygen atoms in total. The summed E-state index contributed by atoms with van der Waals surface area (Å²) in [5, 5.41) is 0. The maximum atomic E-state index is 6.30. The number of aromatic nitrogens is 2. The van der Waals surface area contributed by atoms with Crippen molar-refractivity contribution >= 4 is 11.0 Å². The summed E-state index contributed by atoms with van der Waals surface area (Å²) in [7, 11) is 0. The molecular formula is C19H21N3O2. The maximum Gasteiger partial charge on any atom is 0.163 e. The van der Waals surface area contributed by atoms with Crippen LogP contribution in [0.3, 0.4) is 0 Å². The third-order valence-electron chi connectivity index (χ3n) is 4.01. The lowest BCUT2D eigenvalue weighted by Gasteiger charge is -2.22. The molecule has 0 spiro atoms. The molecule has 0 radical (unpaired) electrons. The molecule has 0 amide bonds. The van der Waals surface area contributed by atoms with Gasteiger partial charge in [-0.05, 0) is 13.8 Å². The molecule has 2 heterocycles. The number of hydrogen-bond donors (Lipinski definition) is 1. The van der Waals surface area contributed by atoms with Crippen molar-refractivity contribution in [3.05, 3.63) is 42.5 Å². The minimum atomic E-state index is -0.357. The Morgan fingerprint density at radius 3 is 2.42 bits per heavy atom. The van der Waals surface area contributed by atoms with E-state index in [-0.39, 0.29) is 5.54 Å². The van der Waals surface area contributed by atoms with Crippen LogP contribution in [0.15, 0.2) is 42.5 Å². The molecule has 24 heavy (non-hydrogen) atoms. The average molecular weight is 323 g/mol. The molecule has 0 saturated heterocycles. The second-order valence-corrected chi connectivity index (χ2v) is 6.86. The monoisotopic (exact) mass is 323 g/mol. The van der Waals surface area contributed by atoms with Crippen LogP contribution in [0, 0.1) is 0 Å². The minimum Gasteiger partial charge on any atom is -0.486 e. The third-order valence-corrected chi connectivity index (χ3v) is 4.01. The Hall–Kier alpha value is -2.53. The van der Waals surface area contributed by atoms with Crippen LogP contribution in [0.2, 0.25) is 0 Å². The second kappa shape index (κ2) is 5.53. The molecule has 0 aliphatic carbocycles. The fourth-order valence-electron chi connectivity index (χ4n) is 3.04. The van der Waals surface area contributed by atoms with Crippen molar-refractivity contribution in [1.29, 1.82) is 0 Å². The Balaban J connectivity index is 1.95. The average Bonchev–Trinajstić information content (AvgIpc) is 2.89. The third kappa shape index (κ3) is 2.71. The number of rotatable bonds is 3. The SMILES string of the molecule is CC(C)(N)Cn1c(-c2ccccc2)nc2cc3c(cc21)OCCO3. The predicted octanol–water partition coefficient (Wildman–Crippen LogP) is 3.21. The smallest absolute Gasteiger partial charge is 0.163 e. The van der Waals surface area contributed by atoms with E-state index in [9.17, 15) is 0 Å². The van der Waals surface area contributed by atoms with Gasteiger partial charge in [-0.3, -0.25) is 0 Å². The Bertz CT molecular complexity index is 879. The highest BCUT2D eigenvalue weighted by Gasteiger charge is 2.22. The van der Waals surface area contributed by atoms with Crippen LogP contribution in [0.1, 0.15) is 13.8 Å². The molecule has 124 valence electrons. The zero-order chi connectivity index (χ0) is 16.7. The van der Waals surface area contributed by atoms with Gasteiger partial charge in [0.15, 0.2) is 11.5 Å². The van der Waals surface area contributed by atoms with Crippen molar-refractivity contribution in [2.24, 2.45) is 5.73 Å². The van der Waals surface area contributed by atoms with E-state index >= 15 is 0 Å². The van der Waals surface area contributed by atoms with Gasteiger partial charge in [0.2, 0.25) is 0 Å². The van der Waals surface area contributed by atoms with Crippen LogP contribution in [0.5, 0.6) is 11.5 Å². The van der Waals surface area contributed by atoms with Gasteiger partial charge in [0.1, 0.15) is 19.0 Å². The van der Waals surface area contributed by atoms with Gasteiger partial charge in [0.25, 0.3) is 0 Å². The van der Waals surface area contributed by atoms with E-state index in [1.165, 1.54) is 0 Å². The zero-order valence-corrected chi connectivity index (χ0v) is 14.0. The van der Waals surface area contributed by atoms with Crippen molar-refractivity contribution in [2.75, 3.05) is 13.2 Å². The summed E-state index contributed by atoms with van der Waals surface area (Å²) in [6.07, 6.45) is 0. The Morgan fingerprint density at radius 2 is 1.75 bits per heavy atom. The molecular weight excluding hydrogens is 302 g/mol. The first-order chi connectivity index (χ1) is 11.5. The standard InChI is InChI=1S/C19H21N3O2/c1-19(2,20)12-22-15-11-17-16(23-8-9-24-17)10-14(15)21-18(22)13-6-4-3-5-7-13/h3-7,10-11H,8-9,12,20H2,1-2H3. The molecule has 0 fully saturated rings. The first kappa shape index (κ1) is 15.0. The summed E-state index contributed by atoms with van der Waals surface area (Å²) in [4.78, 5) is 4.85. The fraction of sp³-hybridized carbons (Fsp3) is 0.316. The minimum absolute atomic E-state index is 0.357. The van der Waals surface area contributed by atoms with Crippen molar-refractivity contribution in [3.63, 3.8) is 0 Å². The number of benzene rings is 2. The molecule has 2 aromatic carbocycles. The Labute approximate surface area is 141 Å². The lowest BCUT2D eigenvalue weighted by atomic mass is 10.1. The number of fused-ring (bicyclic) bond motifs is 2. The molecule has 1 aliphatic rings. The van der Waals surface area contributed by atoms with Crippen molar-refractivity contribution < 1.29 is 9.47 Å². The molecule has 0 unspecified atom stereocenters. The van der Waals surface area contributed by atoms with Crippen molar-refractivity contribution in [2.45, 2.75) is 25.9 Å². The van der Waals surface area contributed by atoms with E-state index in [0.717, 1.165) is 33.9 Å². The lowest BCUT2D eigenvalue weighted by molar-refractivity contribution is 0.172. The summed E-state index contributed by atoms with van der Waals surface area (Å²) >= 11 is 0. The summed E-state index contributed by atoms with van der Waals surface area (Å²) in [5.41, 5.74) is 8.91. The van der Waals surface area contributed by atoms with Gasteiger partial charge in [-0.2, -0.15) is 0 Å². The number of imidazole rings is 1.